The second kappa shape index (κ2) is 5.65. The zero-order valence-corrected chi connectivity index (χ0v) is 10.5. The normalized spacial score (nSPS) is 14.4. The van der Waals surface area contributed by atoms with Gasteiger partial charge < -0.3 is 10.1 Å². The summed E-state index contributed by atoms with van der Waals surface area (Å²) in [5.74, 6) is 0.250. The first-order valence-electron chi connectivity index (χ1n) is 4.74. The number of alkyl halides is 3. The Morgan fingerprint density at radius 1 is 1.38 bits per heavy atom. The maximum absolute atomic E-state index is 12.4. The Kier molecular flexibility index (Phi) is 5.44. The van der Waals surface area contributed by atoms with Gasteiger partial charge in [-0.2, -0.15) is 13.2 Å². The van der Waals surface area contributed by atoms with Crippen molar-refractivity contribution in [3.63, 3.8) is 0 Å². The van der Waals surface area contributed by atoms with Crippen LogP contribution in [0.5, 0.6) is 0 Å². The molecule has 0 aliphatic heterocycles. The number of nitrogens with one attached hydrogen (secondary N) is 1. The Hall–Kier alpha value is -0.590. The lowest BCUT2D eigenvalue weighted by atomic mass is 10.2. The summed E-state index contributed by atoms with van der Waals surface area (Å²) in [5.41, 5.74) is -0.808. The van der Waals surface area contributed by atoms with Crippen molar-refractivity contribution in [2.45, 2.75) is 44.8 Å². The van der Waals surface area contributed by atoms with E-state index in [0.717, 1.165) is 0 Å². The Balaban J connectivity index is 4.36. The van der Waals surface area contributed by atoms with Crippen molar-refractivity contribution < 1.29 is 22.7 Å². The van der Waals surface area contributed by atoms with Gasteiger partial charge in [0.05, 0.1) is 0 Å². The number of carbonyl (C=O) groups is 1. The second-order valence-corrected chi connectivity index (χ2v) is 5.41. The number of hydrogen-bond donors (Lipinski definition) is 1. The van der Waals surface area contributed by atoms with Gasteiger partial charge in [-0.05, 0) is 26.5 Å². The van der Waals surface area contributed by atoms with Gasteiger partial charge in [-0.15, -0.1) is 11.8 Å². The summed E-state index contributed by atoms with van der Waals surface area (Å²) < 4.78 is 42.0. The Morgan fingerprint density at radius 3 is 2.19 bits per heavy atom. The minimum atomic E-state index is -4.47. The Bertz CT molecular complexity index is 238. The van der Waals surface area contributed by atoms with E-state index in [2.05, 4.69) is 0 Å². The molecule has 3 nitrogen and oxygen atoms in total. The number of amides is 1. The molecule has 0 aromatic rings. The molecule has 96 valence electrons. The second-order valence-electron chi connectivity index (χ2n) is 4.02. The van der Waals surface area contributed by atoms with Gasteiger partial charge >= 0.3 is 12.3 Å². The third-order valence-corrected chi connectivity index (χ3v) is 2.33. The molecule has 1 N–H and O–H groups in total. The summed E-state index contributed by atoms with van der Waals surface area (Å²) in [6.07, 6.45) is -5.53. The molecule has 16 heavy (non-hydrogen) atoms. The standard InChI is InChI=1S/C9H16F3NO2S/c1-5-16-6(9(10,11)12)13-7(14)15-8(2,3)4/h6H,5H2,1-4H3,(H,13,14). The molecule has 0 aromatic carbocycles. The average molecular weight is 259 g/mol. The van der Waals surface area contributed by atoms with Gasteiger partial charge in [0, 0.05) is 0 Å². The zero-order valence-electron chi connectivity index (χ0n) is 9.64. The molecule has 0 saturated carbocycles. The summed E-state index contributed by atoms with van der Waals surface area (Å²) in [4.78, 5) is 11.1. The molecule has 0 aliphatic rings. The first kappa shape index (κ1) is 15.4. The first-order chi connectivity index (χ1) is 7.06. The molecule has 0 aliphatic carbocycles. The molecular weight excluding hydrogens is 243 g/mol. The molecule has 0 bridgehead atoms. The quantitative estimate of drug-likeness (QED) is 0.791. The highest BCUT2D eigenvalue weighted by Gasteiger charge is 2.41. The van der Waals surface area contributed by atoms with Crippen LogP contribution in [0.3, 0.4) is 0 Å². The van der Waals surface area contributed by atoms with Crippen molar-refractivity contribution in [1.82, 2.24) is 5.32 Å². The highest BCUT2D eigenvalue weighted by Crippen LogP contribution is 2.28. The lowest BCUT2D eigenvalue weighted by molar-refractivity contribution is -0.133. The highest BCUT2D eigenvalue weighted by atomic mass is 32.2. The molecule has 0 radical (unpaired) electrons. The number of halogens is 3. The molecule has 1 unspecified atom stereocenters. The van der Waals surface area contributed by atoms with Crippen LogP contribution in [0, 0.1) is 0 Å². The van der Waals surface area contributed by atoms with Crippen LogP contribution in [0.4, 0.5) is 18.0 Å². The fraction of sp³-hybridized carbons (Fsp3) is 0.889. The average Bonchev–Trinajstić information content (AvgIpc) is 1.97. The van der Waals surface area contributed by atoms with E-state index in [0.29, 0.717) is 11.8 Å². The van der Waals surface area contributed by atoms with Gasteiger partial charge in [-0.1, -0.05) is 6.92 Å². The number of ether oxygens (including phenoxy) is 1. The van der Waals surface area contributed by atoms with Crippen molar-refractivity contribution in [2.75, 3.05) is 5.75 Å². The van der Waals surface area contributed by atoms with E-state index >= 15 is 0 Å². The maximum Gasteiger partial charge on any atom is 0.418 e. The largest absolute Gasteiger partial charge is 0.444 e. The molecule has 1 amide bonds. The van der Waals surface area contributed by atoms with E-state index in [9.17, 15) is 18.0 Å². The molecule has 1 atom stereocenters. The number of thioether (sulfide) groups is 1. The minimum Gasteiger partial charge on any atom is -0.444 e. The van der Waals surface area contributed by atoms with Crippen LogP contribution in [0.2, 0.25) is 0 Å². The predicted molar refractivity (Wildman–Crippen MR) is 57.3 cm³/mol. The Morgan fingerprint density at radius 2 is 1.88 bits per heavy atom. The van der Waals surface area contributed by atoms with E-state index in [1.54, 1.807) is 33.0 Å². The van der Waals surface area contributed by atoms with Gasteiger partial charge in [0.15, 0.2) is 5.37 Å². The molecule has 0 spiro atoms. The van der Waals surface area contributed by atoms with Crippen LogP contribution in [0.15, 0.2) is 0 Å². The van der Waals surface area contributed by atoms with Crippen LogP contribution in [-0.4, -0.2) is 29.0 Å². The number of alkyl carbamates (subject to hydrolysis) is 1. The van der Waals surface area contributed by atoms with Crippen molar-refractivity contribution in [2.24, 2.45) is 0 Å². The summed E-state index contributed by atoms with van der Waals surface area (Å²) in [7, 11) is 0. The topological polar surface area (TPSA) is 38.3 Å². The van der Waals surface area contributed by atoms with Gasteiger partial charge in [0.2, 0.25) is 0 Å². The SMILES string of the molecule is CCSC(NC(=O)OC(C)(C)C)C(F)(F)F. The van der Waals surface area contributed by atoms with Crippen molar-refractivity contribution in [1.29, 1.82) is 0 Å². The third kappa shape index (κ3) is 6.81. The van der Waals surface area contributed by atoms with Crippen molar-refractivity contribution in [3.05, 3.63) is 0 Å². The van der Waals surface area contributed by atoms with Crippen molar-refractivity contribution in [3.8, 4) is 0 Å². The smallest absolute Gasteiger partial charge is 0.418 e. The fourth-order valence-corrected chi connectivity index (χ4v) is 1.50. The lowest BCUT2D eigenvalue weighted by Crippen LogP contribution is -2.45. The van der Waals surface area contributed by atoms with E-state index in [4.69, 9.17) is 4.74 Å². The zero-order chi connectivity index (χ0) is 13.0. The number of carbonyl (C=O) groups excluding carboxylic acids is 1. The highest BCUT2D eigenvalue weighted by molar-refractivity contribution is 7.99. The summed E-state index contributed by atoms with van der Waals surface area (Å²) in [6.45, 7) is 6.34. The van der Waals surface area contributed by atoms with Crippen LogP contribution in [0.25, 0.3) is 0 Å². The minimum absolute atomic E-state index is 0.250. The third-order valence-electron chi connectivity index (χ3n) is 1.28. The molecular formula is C9H16F3NO2S. The van der Waals surface area contributed by atoms with Gasteiger partial charge in [-0.3, -0.25) is 0 Å². The Labute approximate surface area is 97.1 Å². The maximum atomic E-state index is 12.4. The summed E-state index contributed by atoms with van der Waals surface area (Å²) in [6, 6.07) is 0. The molecule has 0 rings (SSSR count). The van der Waals surface area contributed by atoms with Crippen LogP contribution >= 0.6 is 11.8 Å². The van der Waals surface area contributed by atoms with Gasteiger partial charge in [0.25, 0.3) is 0 Å². The van der Waals surface area contributed by atoms with Gasteiger partial charge in [0.1, 0.15) is 5.60 Å². The van der Waals surface area contributed by atoms with Crippen molar-refractivity contribution >= 4 is 17.9 Å². The van der Waals surface area contributed by atoms with E-state index < -0.39 is 23.2 Å². The molecule has 7 heteroatoms. The van der Waals surface area contributed by atoms with E-state index in [1.807, 2.05) is 0 Å². The van der Waals surface area contributed by atoms with E-state index in [1.165, 1.54) is 0 Å². The summed E-state index contributed by atoms with van der Waals surface area (Å²) >= 11 is 0.601. The number of rotatable bonds is 3. The molecule has 0 heterocycles. The monoisotopic (exact) mass is 259 g/mol. The molecule has 0 aromatic heterocycles. The van der Waals surface area contributed by atoms with Crippen LogP contribution in [-0.2, 0) is 4.74 Å². The number of hydrogen-bond acceptors (Lipinski definition) is 3. The summed E-state index contributed by atoms with van der Waals surface area (Å²) in [5, 5.41) is -0.133. The fourth-order valence-electron chi connectivity index (χ4n) is 0.799. The van der Waals surface area contributed by atoms with Crippen LogP contribution in [0.1, 0.15) is 27.7 Å². The predicted octanol–water partition coefficient (Wildman–Crippen LogP) is 3.15. The van der Waals surface area contributed by atoms with Crippen LogP contribution < -0.4 is 5.32 Å². The lowest BCUT2D eigenvalue weighted by Gasteiger charge is -2.24. The van der Waals surface area contributed by atoms with Gasteiger partial charge in [-0.25, -0.2) is 4.79 Å². The molecule has 0 saturated heterocycles. The van der Waals surface area contributed by atoms with E-state index in [-0.39, 0.29) is 5.75 Å². The first-order valence-corrected chi connectivity index (χ1v) is 5.79. The molecule has 0 fully saturated rings.